The number of hydrogen-bond donors (Lipinski definition) is 1. The highest BCUT2D eigenvalue weighted by Crippen LogP contribution is 2.26. The SMILES string of the molecule is COc1ccc(-c2csc3ncc(C(=O)Nc4ccc(SC)cc4C)c(=O)n23)cc1. The molecule has 2 aromatic carbocycles. The first-order chi connectivity index (χ1) is 14.5. The van der Waals surface area contributed by atoms with Gasteiger partial charge in [0.1, 0.15) is 11.3 Å². The number of methoxy groups -OCH3 is 1. The minimum Gasteiger partial charge on any atom is -0.497 e. The van der Waals surface area contributed by atoms with Gasteiger partial charge in [-0.3, -0.25) is 14.0 Å². The lowest BCUT2D eigenvalue weighted by molar-refractivity contribution is 0.102. The van der Waals surface area contributed by atoms with Crippen LogP contribution in [0.2, 0.25) is 0 Å². The van der Waals surface area contributed by atoms with E-state index in [0.29, 0.717) is 16.3 Å². The molecule has 0 radical (unpaired) electrons. The number of amides is 1. The van der Waals surface area contributed by atoms with Crippen LogP contribution >= 0.6 is 23.1 Å². The molecule has 0 spiro atoms. The van der Waals surface area contributed by atoms with Gasteiger partial charge in [0.25, 0.3) is 11.5 Å². The minimum atomic E-state index is -0.478. The van der Waals surface area contributed by atoms with Crippen molar-refractivity contribution >= 4 is 39.7 Å². The number of thiazole rings is 1. The second-order valence-corrected chi connectivity index (χ2v) is 8.30. The molecule has 30 heavy (non-hydrogen) atoms. The number of ether oxygens (including phenoxy) is 1. The van der Waals surface area contributed by atoms with Crippen molar-refractivity contribution in [1.29, 1.82) is 0 Å². The number of fused-ring (bicyclic) bond motifs is 1. The summed E-state index contributed by atoms with van der Waals surface area (Å²) < 4.78 is 6.67. The fourth-order valence-electron chi connectivity index (χ4n) is 3.10. The normalized spacial score (nSPS) is 10.9. The summed E-state index contributed by atoms with van der Waals surface area (Å²) in [6, 6.07) is 13.2. The van der Waals surface area contributed by atoms with Crippen molar-refractivity contribution in [3.05, 3.63) is 75.5 Å². The maximum absolute atomic E-state index is 13.2. The number of aryl methyl sites for hydroxylation is 1. The van der Waals surface area contributed by atoms with Crippen molar-refractivity contribution in [2.45, 2.75) is 11.8 Å². The number of carbonyl (C=O) groups excluding carboxylic acids is 1. The van der Waals surface area contributed by atoms with Crippen LogP contribution in [0.4, 0.5) is 5.69 Å². The summed E-state index contributed by atoms with van der Waals surface area (Å²) in [4.78, 5) is 32.0. The van der Waals surface area contributed by atoms with E-state index in [9.17, 15) is 9.59 Å². The minimum absolute atomic E-state index is 0.00555. The van der Waals surface area contributed by atoms with Crippen LogP contribution in [0.15, 0.2) is 63.7 Å². The van der Waals surface area contributed by atoms with Gasteiger partial charge >= 0.3 is 0 Å². The van der Waals surface area contributed by atoms with Crippen molar-refractivity contribution in [3.8, 4) is 17.0 Å². The lowest BCUT2D eigenvalue weighted by Crippen LogP contribution is -2.26. The lowest BCUT2D eigenvalue weighted by Gasteiger charge is -2.10. The molecule has 0 fully saturated rings. The van der Waals surface area contributed by atoms with E-state index < -0.39 is 11.5 Å². The molecule has 1 N–H and O–H groups in total. The molecule has 2 heterocycles. The Labute approximate surface area is 181 Å². The van der Waals surface area contributed by atoms with Crippen molar-refractivity contribution in [2.75, 3.05) is 18.7 Å². The smallest absolute Gasteiger partial charge is 0.271 e. The van der Waals surface area contributed by atoms with Gasteiger partial charge in [0, 0.05) is 22.2 Å². The highest BCUT2D eigenvalue weighted by atomic mass is 32.2. The Kier molecular flexibility index (Phi) is 5.61. The van der Waals surface area contributed by atoms with Gasteiger partial charge in [0.2, 0.25) is 0 Å². The Hall–Kier alpha value is -3.10. The first-order valence-corrected chi connectivity index (χ1v) is 11.2. The number of nitrogens with one attached hydrogen (secondary N) is 1. The zero-order valence-electron chi connectivity index (χ0n) is 16.6. The summed E-state index contributed by atoms with van der Waals surface area (Å²) in [7, 11) is 1.60. The Bertz CT molecular complexity index is 1290. The molecule has 0 saturated carbocycles. The molecule has 0 unspecified atom stereocenters. The maximum Gasteiger partial charge on any atom is 0.271 e. The van der Waals surface area contributed by atoms with E-state index in [1.54, 1.807) is 18.9 Å². The van der Waals surface area contributed by atoms with Gasteiger partial charge in [-0.1, -0.05) is 0 Å². The first-order valence-electron chi connectivity index (χ1n) is 9.11. The van der Waals surface area contributed by atoms with E-state index >= 15 is 0 Å². The molecule has 0 aliphatic carbocycles. The van der Waals surface area contributed by atoms with E-state index in [4.69, 9.17) is 4.74 Å². The van der Waals surface area contributed by atoms with Crippen molar-refractivity contribution in [2.24, 2.45) is 0 Å². The van der Waals surface area contributed by atoms with Gasteiger partial charge in [-0.2, -0.15) is 0 Å². The molecule has 0 aliphatic rings. The van der Waals surface area contributed by atoms with Crippen LogP contribution in [0.3, 0.4) is 0 Å². The summed E-state index contributed by atoms with van der Waals surface area (Å²) >= 11 is 2.98. The van der Waals surface area contributed by atoms with Crippen LogP contribution in [-0.2, 0) is 0 Å². The van der Waals surface area contributed by atoms with E-state index in [1.807, 2.05) is 61.0 Å². The molecular formula is C22H19N3O3S2. The average molecular weight is 438 g/mol. The molecule has 1 amide bonds. The van der Waals surface area contributed by atoms with Crippen LogP contribution in [0.25, 0.3) is 16.2 Å². The fourth-order valence-corrected chi connectivity index (χ4v) is 4.46. The highest BCUT2D eigenvalue weighted by molar-refractivity contribution is 7.98. The third-order valence-electron chi connectivity index (χ3n) is 4.76. The van der Waals surface area contributed by atoms with Gasteiger partial charge in [0.15, 0.2) is 4.96 Å². The number of anilines is 1. The Morgan fingerprint density at radius 2 is 1.97 bits per heavy atom. The zero-order chi connectivity index (χ0) is 21.3. The number of hydrogen-bond acceptors (Lipinski definition) is 6. The summed E-state index contributed by atoms with van der Waals surface area (Å²) in [5, 5.41) is 4.69. The molecule has 8 heteroatoms. The zero-order valence-corrected chi connectivity index (χ0v) is 18.3. The van der Waals surface area contributed by atoms with Crippen LogP contribution in [-0.4, -0.2) is 28.7 Å². The lowest BCUT2D eigenvalue weighted by atomic mass is 10.1. The predicted octanol–water partition coefficient (Wildman–Crippen LogP) is 4.71. The van der Waals surface area contributed by atoms with E-state index in [2.05, 4.69) is 10.3 Å². The van der Waals surface area contributed by atoms with Gasteiger partial charge in [-0.15, -0.1) is 23.1 Å². The maximum atomic E-state index is 13.2. The number of aromatic nitrogens is 2. The van der Waals surface area contributed by atoms with Crippen molar-refractivity contribution in [3.63, 3.8) is 0 Å². The molecule has 0 aliphatic heterocycles. The summed E-state index contributed by atoms with van der Waals surface area (Å²) in [6.45, 7) is 1.92. The number of nitrogens with zero attached hydrogens (tertiary/aromatic N) is 2. The molecule has 152 valence electrons. The Morgan fingerprint density at radius 1 is 1.20 bits per heavy atom. The Morgan fingerprint density at radius 3 is 2.63 bits per heavy atom. The topological polar surface area (TPSA) is 72.7 Å². The second kappa shape index (κ2) is 8.33. The fraction of sp³-hybridized carbons (Fsp3) is 0.136. The van der Waals surface area contributed by atoms with Crippen LogP contribution in [0.1, 0.15) is 15.9 Å². The number of rotatable bonds is 5. The van der Waals surface area contributed by atoms with Gasteiger partial charge < -0.3 is 10.1 Å². The van der Waals surface area contributed by atoms with E-state index in [0.717, 1.165) is 21.8 Å². The van der Waals surface area contributed by atoms with Crippen molar-refractivity contribution in [1.82, 2.24) is 9.38 Å². The van der Waals surface area contributed by atoms with Crippen LogP contribution in [0.5, 0.6) is 5.75 Å². The summed E-state index contributed by atoms with van der Waals surface area (Å²) in [5.41, 5.74) is 2.72. The third-order valence-corrected chi connectivity index (χ3v) is 6.32. The molecule has 4 aromatic rings. The van der Waals surface area contributed by atoms with Crippen LogP contribution < -0.4 is 15.6 Å². The highest BCUT2D eigenvalue weighted by Gasteiger charge is 2.18. The predicted molar refractivity (Wildman–Crippen MR) is 122 cm³/mol. The van der Waals surface area contributed by atoms with Gasteiger partial charge in [0.05, 0.1) is 12.8 Å². The molecule has 6 nitrogen and oxygen atoms in total. The van der Waals surface area contributed by atoms with Gasteiger partial charge in [-0.05, 0) is 66.8 Å². The quantitative estimate of drug-likeness (QED) is 0.458. The molecular weight excluding hydrogens is 418 g/mol. The summed E-state index contributed by atoms with van der Waals surface area (Å²) in [6.07, 6.45) is 3.34. The largest absolute Gasteiger partial charge is 0.497 e. The summed E-state index contributed by atoms with van der Waals surface area (Å²) in [5.74, 6) is 0.250. The third kappa shape index (κ3) is 3.71. The average Bonchev–Trinajstić information content (AvgIpc) is 3.20. The van der Waals surface area contributed by atoms with Crippen LogP contribution in [0, 0.1) is 6.92 Å². The van der Waals surface area contributed by atoms with E-state index in [-0.39, 0.29) is 5.56 Å². The molecule has 0 saturated heterocycles. The number of thioether (sulfide) groups is 1. The first kappa shape index (κ1) is 20.2. The molecule has 4 rings (SSSR count). The molecule has 0 bridgehead atoms. The number of benzene rings is 2. The monoisotopic (exact) mass is 437 g/mol. The molecule has 0 atom stereocenters. The van der Waals surface area contributed by atoms with E-state index in [1.165, 1.54) is 21.9 Å². The molecule has 2 aromatic heterocycles. The number of carbonyl (C=O) groups is 1. The standard InChI is InChI=1S/C22H19N3O3S2/c1-13-10-16(29-3)8-9-18(13)24-20(26)17-11-23-22-25(21(17)27)19(12-30-22)14-4-6-15(28-2)7-5-14/h4-12H,1-3H3,(H,24,26). The Balaban J connectivity index is 1.72. The van der Waals surface area contributed by atoms with Crippen molar-refractivity contribution < 1.29 is 9.53 Å². The second-order valence-electron chi connectivity index (χ2n) is 6.58. The van der Waals surface area contributed by atoms with Gasteiger partial charge in [-0.25, -0.2) is 4.98 Å².